The Kier molecular flexibility index (Phi) is 17.5. The number of hydrogen-bond donors (Lipinski definition) is 0. The van der Waals surface area contributed by atoms with Crippen LogP contribution in [0.2, 0.25) is 0 Å². The molecule has 57 heavy (non-hydrogen) atoms. The Hall–Kier alpha value is -4.94. The van der Waals surface area contributed by atoms with Gasteiger partial charge in [-0.3, -0.25) is 0 Å². The minimum atomic E-state index is 0.460. The summed E-state index contributed by atoms with van der Waals surface area (Å²) >= 11 is 0. The highest BCUT2D eigenvalue weighted by Crippen LogP contribution is 2.31. The smallest absolute Gasteiger partial charge is 0.119 e. The van der Waals surface area contributed by atoms with Gasteiger partial charge in [0.25, 0.3) is 0 Å². The Morgan fingerprint density at radius 1 is 0.263 bits per heavy atom. The van der Waals surface area contributed by atoms with Crippen molar-refractivity contribution in [2.45, 2.75) is 6.92 Å². The van der Waals surface area contributed by atoms with E-state index in [1.54, 1.807) is 0 Å². The van der Waals surface area contributed by atoms with Gasteiger partial charge in [0, 0.05) is 0 Å². The Morgan fingerprint density at radius 3 is 0.807 bits per heavy atom. The van der Waals surface area contributed by atoms with Gasteiger partial charge >= 0.3 is 0 Å². The molecule has 0 N–H and O–H groups in total. The summed E-state index contributed by atoms with van der Waals surface area (Å²) in [6.07, 6.45) is 0. The highest BCUT2D eigenvalue weighted by Gasteiger charge is 2.07. The molecule has 0 aromatic heterocycles. The molecule has 17 rings (SSSR count). The van der Waals surface area contributed by atoms with Gasteiger partial charge in [0.2, 0.25) is 0 Å². The molecule has 0 spiro atoms. The van der Waals surface area contributed by atoms with Crippen molar-refractivity contribution in [3.63, 3.8) is 0 Å². The second kappa shape index (κ2) is 24.0. The second-order valence-corrected chi connectivity index (χ2v) is 13.2. The van der Waals surface area contributed by atoms with Gasteiger partial charge in [0.1, 0.15) is 49.4 Å². The standard InChI is InChI=1S/C47H54O10/c1-37-36-42-10-19-47(37)41-8-17-46(18-9-41)57-35-31-53-27-23-49-21-25-51-29-33-55-44-13-4-39(5-14-44)38-2-11-43(12-3-38)54-32-28-50-24-20-48-22-26-52-30-34-56-45-15-6-40(42)7-16-45/h2-19,36H,20-35H2,1H3. The van der Waals surface area contributed by atoms with Gasteiger partial charge in [0.15, 0.2) is 0 Å². The summed E-state index contributed by atoms with van der Waals surface area (Å²) in [5, 5.41) is 0. The lowest BCUT2D eigenvalue weighted by Gasteiger charge is -2.12. The zero-order valence-corrected chi connectivity index (χ0v) is 32.9. The van der Waals surface area contributed by atoms with E-state index in [4.69, 9.17) is 47.4 Å². The minimum Gasteiger partial charge on any atom is -0.491 e. The lowest BCUT2D eigenvalue weighted by Crippen LogP contribution is -2.14. The molecule has 12 heterocycles. The van der Waals surface area contributed by atoms with Crippen LogP contribution in [0, 0.1) is 6.92 Å². The van der Waals surface area contributed by atoms with E-state index in [1.807, 2.05) is 72.8 Å². The van der Waals surface area contributed by atoms with Gasteiger partial charge in [-0.1, -0.05) is 66.7 Å². The summed E-state index contributed by atoms with van der Waals surface area (Å²) in [7, 11) is 0. The van der Waals surface area contributed by atoms with Gasteiger partial charge in [-0.15, -0.1) is 0 Å². The van der Waals surface area contributed by atoms with Crippen LogP contribution >= 0.6 is 0 Å². The van der Waals surface area contributed by atoms with Crippen molar-refractivity contribution < 1.29 is 47.4 Å². The van der Waals surface area contributed by atoms with Crippen molar-refractivity contribution in [2.75, 3.05) is 106 Å². The summed E-state index contributed by atoms with van der Waals surface area (Å²) in [5.74, 6) is 3.20. The fraction of sp³-hybridized carbons (Fsp3) is 0.362. The maximum atomic E-state index is 5.89. The molecule has 302 valence electrons. The Morgan fingerprint density at radius 2 is 0.509 bits per heavy atom. The lowest BCUT2D eigenvalue weighted by molar-refractivity contribution is 0.00499. The zero-order valence-electron chi connectivity index (χ0n) is 32.9. The van der Waals surface area contributed by atoms with Crippen molar-refractivity contribution in [1.82, 2.24) is 0 Å². The van der Waals surface area contributed by atoms with Crippen molar-refractivity contribution in [3.8, 4) is 56.4 Å². The summed E-state index contributed by atoms with van der Waals surface area (Å²) in [6.45, 7) is 9.86. The van der Waals surface area contributed by atoms with Crippen molar-refractivity contribution in [3.05, 3.63) is 121 Å². The van der Waals surface area contributed by atoms with E-state index in [1.165, 1.54) is 11.1 Å². The largest absolute Gasteiger partial charge is 0.491 e. The quantitative estimate of drug-likeness (QED) is 0.153. The fourth-order valence-electron chi connectivity index (χ4n) is 6.09. The van der Waals surface area contributed by atoms with Crippen molar-refractivity contribution in [1.29, 1.82) is 0 Å². The number of rotatable bonds is 0. The molecule has 10 bridgehead atoms. The van der Waals surface area contributed by atoms with Crippen LogP contribution in [-0.4, -0.2) is 106 Å². The molecule has 0 amide bonds. The van der Waals surface area contributed by atoms with E-state index in [-0.39, 0.29) is 0 Å². The average Bonchev–Trinajstić information content (AvgIpc) is 3.25. The highest BCUT2D eigenvalue weighted by molar-refractivity contribution is 5.74. The van der Waals surface area contributed by atoms with Gasteiger partial charge in [-0.2, -0.15) is 0 Å². The molecule has 0 fully saturated rings. The number of aryl methyl sites for hydroxylation is 1. The maximum Gasteiger partial charge on any atom is 0.119 e. The number of hydrogen-bond acceptors (Lipinski definition) is 10. The summed E-state index contributed by atoms with van der Waals surface area (Å²) in [5.41, 5.74) is 8.00. The molecule has 12 aliphatic heterocycles. The molecule has 12 aliphatic rings. The summed E-state index contributed by atoms with van der Waals surface area (Å²) in [4.78, 5) is 0. The van der Waals surface area contributed by atoms with Crippen LogP contribution in [0.4, 0.5) is 0 Å². The molecule has 5 aromatic rings. The van der Waals surface area contributed by atoms with Gasteiger partial charge < -0.3 is 47.4 Å². The first-order chi connectivity index (χ1) is 28.2. The monoisotopic (exact) mass is 778 g/mol. The molecule has 0 saturated carbocycles. The number of benzene rings is 5. The van der Waals surface area contributed by atoms with E-state index < -0.39 is 0 Å². The highest BCUT2D eigenvalue weighted by atomic mass is 16.6. The van der Waals surface area contributed by atoms with Crippen LogP contribution in [0.5, 0.6) is 23.0 Å². The molecular formula is C47H54O10. The normalized spacial score (nSPS) is 16.6. The number of ether oxygens (including phenoxy) is 10. The zero-order chi connectivity index (χ0) is 39.2. The third kappa shape index (κ3) is 14.5. The molecule has 5 aromatic carbocycles. The first kappa shape index (κ1) is 41.7. The maximum absolute atomic E-state index is 5.89. The fourth-order valence-corrected chi connectivity index (χ4v) is 6.09. The topological polar surface area (TPSA) is 92.3 Å². The van der Waals surface area contributed by atoms with Gasteiger partial charge in [-0.05, 0) is 94.4 Å². The van der Waals surface area contributed by atoms with Gasteiger partial charge in [-0.25, -0.2) is 0 Å². The minimum absolute atomic E-state index is 0.460. The predicted octanol–water partition coefficient (Wildman–Crippen LogP) is 8.32. The summed E-state index contributed by atoms with van der Waals surface area (Å²) < 4.78 is 57.3. The van der Waals surface area contributed by atoms with Crippen LogP contribution in [-0.2, 0) is 28.4 Å². The molecular weight excluding hydrogens is 725 g/mol. The van der Waals surface area contributed by atoms with Crippen LogP contribution < -0.4 is 18.9 Å². The first-order valence-corrected chi connectivity index (χ1v) is 19.7. The molecule has 10 nitrogen and oxygen atoms in total. The summed E-state index contributed by atoms with van der Waals surface area (Å²) in [6, 6.07) is 38.9. The second-order valence-electron chi connectivity index (χ2n) is 13.2. The lowest BCUT2D eigenvalue weighted by atomic mass is 9.96. The third-order valence-electron chi connectivity index (χ3n) is 9.09. The molecule has 0 saturated heterocycles. The molecule has 0 atom stereocenters. The Bertz CT molecular complexity index is 1840. The van der Waals surface area contributed by atoms with Crippen molar-refractivity contribution in [2.24, 2.45) is 0 Å². The predicted molar refractivity (Wildman–Crippen MR) is 221 cm³/mol. The molecule has 0 radical (unpaired) electrons. The van der Waals surface area contributed by atoms with Crippen LogP contribution in [0.1, 0.15) is 5.56 Å². The van der Waals surface area contributed by atoms with Crippen LogP contribution in [0.3, 0.4) is 0 Å². The first-order valence-electron chi connectivity index (χ1n) is 19.7. The van der Waals surface area contributed by atoms with Crippen LogP contribution in [0.25, 0.3) is 33.4 Å². The van der Waals surface area contributed by atoms with E-state index >= 15 is 0 Å². The molecule has 0 aliphatic carbocycles. The Balaban J connectivity index is 0.942. The Labute approximate surface area is 336 Å². The van der Waals surface area contributed by atoms with E-state index in [9.17, 15) is 0 Å². The van der Waals surface area contributed by atoms with E-state index in [2.05, 4.69) is 49.4 Å². The SMILES string of the molecule is Cc1cc2ccc1-c1ccc(cc1)OCCOCCOCCOCCOc1ccc(cc1)-c1ccc(cc1)OCCOCCOCCOCCOc1ccc-2cc1. The van der Waals surface area contributed by atoms with Crippen LogP contribution in [0.15, 0.2) is 115 Å². The molecule has 0 unspecified atom stereocenters. The van der Waals surface area contributed by atoms with Crippen molar-refractivity contribution >= 4 is 0 Å². The third-order valence-corrected chi connectivity index (χ3v) is 9.09. The van der Waals surface area contributed by atoms with Gasteiger partial charge in [0.05, 0.1) is 79.3 Å². The van der Waals surface area contributed by atoms with E-state index in [0.29, 0.717) is 106 Å². The van der Waals surface area contributed by atoms with E-state index in [0.717, 1.165) is 50.8 Å². The molecule has 10 heteroatoms. The average molecular weight is 779 g/mol.